The number of anilines is 1. The lowest BCUT2D eigenvalue weighted by molar-refractivity contribution is -0.122. The van der Waals surface area contributed by atoms with Gasteiger partial charge in [0, 0.05) is 5.69 Å². The van der Waals surface area contributed by atoms with Gasteiger partial charge in [-0.05, 0) is 68.1 Å². The summed E-state index contributed by atoms with van der Waals surface area (Å²) in [5.74, 6) is -0.0275. The van der Waals surface area contributed by atoms with Crippen molar-refractivity contribution >= 4 is 17.6 Å². The Morgan fingerprint density at radius 2 is 1.69 bits per heavy atom. The van der Waals surface area contributed by atoms with Crippen molar-refractivity contribution in [3.05, 3.63) is 58.7 Å². The Morgan fingerprint density at radius 1 is 1.04 bits per heavy atom. The van der Waals surface area contributed by atoms with Crippen molar-refractivity contribution in [3.63, 3.8) is 0 Å². The van der Waals surface area contributed by atoms with E-state index < -0.39 is 12.1 Å². The molecule has 138 valence electrons. The van der Waals surface area contributed by atoms with Crippen LogP contribution in [0.2, 0.25) is 0 Å². The van der Waals surface area contributed by atoms with Gasteiger partial charge in [-0.1, -0.05) is 19.1 Å². The van der Waals surface area contributed by atoms with E-state index in [2.05, 4.69) is 11.4 Å². The maximum absolute atomic E-state index is 12.7. The summed E-state index contributed by atoms with van der Waals surface area (Å²) >= 11 is 0. The molecule has 0 aliphatic rings. The molecule has 1 atom stereocenters. The summed E-state index contributed by atoms with van der Waals surface area (Å²) < 4.78 is 10.6. The fourth-order valence-electron chi connectivity index (χ4n) is 2.70. The molecule has 0 unspecified atom stereocenters. The topological polar surface area (TPSA) is 64.6 Å². The van der Waals surface area contributed by atoms with Gasteiger partial charge >= 0.3 is 5.97 Å². The number of aryl methyl sites for hydroxylation is 3. The quantitative estimate of drug-likeness (QED) is 0.789. The minimum absolute atomic E-state index is 0.253. The molecule has 0 aliphatic heterocycles. The van der Waals surface area contributed by atoms with Crippen LogP contribution in [0.4, 0.5) is 5.69 Å². The smallest absolute Gasteiger partial charge is 0.337 e. The second kappa shape index (κ2) is 8.52. The SMILES string of the molecule is CC[C@@H](Oc1cc(C)cc(C)c1)C(=O)Nc1cc(C(=O)OC)ccc1C. The summed E-state index contributed by atoms with van der Waals surface area (Å²) in [6, 6.07) is 10.9. The first-order valence-corrected chi connectivity index (χ1v) is 8.58. The molecule has 5 heteroatoms. The third-order valence-corrected chi connectivity index (χ3v) is 4.05. The average molecular weight is 355 g/mol. The van der Waals surface area contributed by atoms with E-state index in [1.807, 2.05) is 39.8 Å². The molecule has 1 amide bonds. The van der Waals surface area contributed by atoms with Crippen molar-refractivity contribution in [2.24, 2.45) is 0 Å². The van der Waals surface area contributed by atoms with E-state index in [1.54, 1.807) is 18.2 Å². The highest BCUT2D eigenvalue weighted by Gasteiger charge is 2.20. The van der Waals surface area contributed by atoms with Gasteiger partial charge in [0.05, 0.1) is 12.7 Å². The number of ether oxygens (including phenoxy) is 2. The van der Waals surface area contributed by atoms with Gasteiger partial charge in [0.25, 0.3) is 5.91 Å². The van der Waals surface area contributed by atoms with Crippen molar-refractivity contribution in [2.75, 3.05) is 12.4 Å². The molecule has 0 saturated heterocycles. The molecule has 0 saturated carbocycles. The largest absolute Gasteiger partial charge is 0.481 e. The van der Waals surface area contributed by atoms with Gasteiger partial charge in [0.1, 0.15) is 5.75 Å². The first-order chi connectivity index (χ1) is 12.3. The van der Waals surface area contributed by atoms with Crippen LogP contribution < -0.4 is 10.1 Å². The molecule has 0 heterocycles. The number of benzene rings is 2. The first kappa shape index (κ1) is 19.5. The number of methoxy groups -OCH3 is 1. The van der Waals surface area contributed by atoms with Crippen LogP contribution in [0, 0.1) is 20.8 Å². The summed E-state index contributed by atoms with van der Waals surface area (Å²) in [6.45, 7) is 7.73. The van der Waals surface area contributed by atoms with Crippen LogP contribution in [0.5, 0.6) is 5.75 Å². The molecule has 0 fully saturated rings. The standard InChI is InChI=1S/C21H25NO4/c1-6-19(26-17-10-13(2)9-14(3)11-17)20(23)22-18-12-16(21(24)25-5)8-7-15(18)4/h7-12,19H,6H2,1-5H3,(H,22,23)/t19-/m1/s1. The van der Waals surface area contributed by atoms with Crippen LogP contribution in [-0.2, 0) is 9.53 Å². The van der Waals surface area contributed by atoms with E-state index in [4.69, 9.17) is 9.47 Å². The molecular weight excluding hydrogens is 330 g/mol. The zero-order valence-electron chi connectivity index (χ0n) is 15.9. The number of carbonyl (C=O) groups is 2. The predicted octanol–water partition coefficient (Wildman–Crippen LogP) is 4.19. The Morgan fingerprint density at radius 3 is 2.27 bits per heavy atom. The number of hydrogen-bond acceptors (Lipinski definition) is 4. The average Bonchev–Trinajstić information content (AvgIpc) is 2.59. The summed E-state index contributed by atoms with van der Waals surface area (Å²) in [5, 5.41) is 2.86. The molecule has 0 aromatic heterocycles. The molecule has 26 heavy (non-hydrogen) atoms. The molecule has 0 spiro atoms. The molecule has 0 aliphatic carbocycles. The Balaban J connectivity index is 2.17. The fourth-order valence-corrected chi connectivity index (χ4v) is 2.70. The highest BCUT2D eigenvalue weighted by atomic mass is 16.5. The van der Waals surface area contributed by atoms with Crippen molar-refractivity contribution in [3.8, 4) is 5.75 Å². The van der Waals surface area contributed by atoms with E-state index in [9.17, 15) is 9.59 Å². The third kappa shape index (κ3) is 4.85. The van der Waals surface area contributed by atoms with E-state index in [1.165, 1.54) is 7.11 Å². The summed E-state index contributed by atoms with van der Waals surface area (Å²) in [4.78, 5) is 24.4. The van der Waals surface area contributed by atoms with Crippen LogP contribution in [0.3, 0.4) is 0 Å². The summed E-state index contributed by atoms with van der Waals surface area (Å²) in [5.41, 5.74) is 3.97. The number of nitrogens with one attached hydrogen (secondary N) is 1. The van der Waals surface area contributed by atoms with E-state index in [0.29, 0.717) is 23.4 Å². The van der Waals surface area contributed by atoms with Gasteiger partial charge in [0.2, 0.25) is 0 Å². The maximum Gasteiger partial charge on any atom is 0.337 e. The molecule has 2 aromatic carbocycles. The van der Waals surface area contributed by atoms with Gasteiger partial charge in [-0.2, -0.15) is 0 Å². The molecular formula is C21H25NO4. The zero-order valence-corrected chi connectivity index (χ0v) is 15.9. The second-order valence-electron chi connectivity index (χ2n) is 6.35. The number of rotatable bonds is 6. The maximum atomic E-state index is 12.7. The Labute approximate surface area is 154 Å². The van der Waals surface area contributed by atoms with Crippen LogP contribution in [-0.4, -0.2) is 25.1 Å². The Kier molecular flexibility index (Phi) is 6.39. The normalized spacial score (nSPS) is 11.6. The Hall–Kier alpha value is -2.82. The molecule has 5 nitrogen and oxygen atoms in total. The molecule has 2 rings (SSSR count). The van der Waals surface area contributed by atoms with Gasteiger partial charge in [-0.25, -0.2) is 4.79 Å². The number of carbonyl (C=O) groups excluding carboxylic acids is 2. The molecule has 0 radical (unpaired) electrons. The minimum atomic E-state index is -0.627. The zero-order chi connectivity index (χ0) is 19.3. The molecule has 0 bridgehead atoms. The van der Waals surface area contributed by atoms with Crippen LogP contribution in [0.15, 0.2) is 36.4 Å². The lowest BCUT2D eigenvalue weighted by Crippen LogP contribution is -2.32. The van der Waals surface area contributed by atoms with Crippen molar-refractivity contribution in [2.45, 2.75) is 40.2 Å². The van der Waals surface area contributed by atoms with Crippen LogP contribution >= 0.6 is 0 Å². The van der Waals surface area contributed by atoms with E-state index in [-0.39, 0.29) is 5.91 Å². The van der Waals surface area contributed by atoms with Crippen molar-refractivity contribution < 1.29 is 19.1 Å². The van der Waals surface area contributed by atoms with Crippen molar-refractivity contribution in [1.82, 2.24) is 0 Å². The number of esters is 1. The fraction of sp³-hybridized carbons (Fsp3) is 0.333. The Bertz CT molecular complexity index is 793. The van der Waals surface area contributed by atoms with Gasteiger partial charge in [-0.15, -0.1) is 0 Å². The lowest BCUT2D eigenvalue weighted by Gasteiger charge is -2.19. The third-order valence-electron chi connectivity index (χ3n) is 4.05. The highest BCUT2D eigenvalue weighted by Crippen LogP contribution is 2.21. The van der Waals surface area contributed by atoms with E-state index in [0.717, 1.165) is 16.7 Å². The predicted molar refractivity (Wildman–Crippen MR) is 102 cm³/mol. The monoisotopic (exact) mass is 355 g/mol. The molecule has 1 N–H and O–H groups in total. The number of amides is 1. The second-order valence-corrected chi connectivity index (χ2v) is 6.35. The lowest BCUT2D eigenvalue weighted by atomic mass is 10.1. The first-order valence-electron chi connectivity index (χ1n) is 8.58. The molecule has 2 aromatic rings. The van der Waals surface area contributed by atoms with Gasteiger partial charge in [0.15, 0.2) is 6.10 Å². The summed E-state index contributed by atoms with van der Waals surface area (Å²) in [6.07, 6.45) is -0.105. The van der Waals surface area contributed by atoms with Crippen LogP contribution in [0.1, 0.15) is 40.4 Å². The van der Waals surface area contributed by atoms with E-state index >= 15 is 0 Å². The number of hydrogen-bond donors (Lipinski definition) is 1. The van der Waals surface area contributed by atoms with Crippen molar-refractivity contribution in [1.29, 1.82) is 0 Å². The van der Waals surface area contributed by atoms with Gasteiger partial charge in [-0.3, -0.25) is 4.79 Å². The van der Waals surface area contributed by atoms with Gasteiger partial charge < -0.3 is 14.8 Å². The highest BCUT2D eigenvalue weighted by molar-refractivity contribution is 5.97. The minimum Gasteiger partial charge on any atom is -0.481 e. The van der Waals surface area contributed by atoms with Crippen LogP contribution in [0.25, 0.3) is 0 Å². The summed E-state index contributed by atoms with van der Waals surface area (Å²) in [7, 11) is 1.32.